The SMILES string of the molecule is Cc1ccc(F)c([C@H](N2CCNCC2)C(C)(C)C)c1Cl.Cl.Cl. The molecule has 1 fully saturated rings. The summed E-state index contributed by atoms with van der Waals surface area (Å²) in [5.74, 6) is -0.195. The van der Waals surface area contributed by atoms with Crippen molar-refractivity contribution in [2.75, 3.05) is 26.2 Å². The number of aryl methyl sites for hydroxylation is 1. The number of benzene rings is 1. The molecule has 0 bridgehead atoms. The maximum atomic E-state index is 14.4. The van der Waals surface area contributed by atoms with Gasteiger partial charge in [-0.05, 0) is 24.0 Å². The summed E-state index contributed by atoms with van der Waals surface area (Å²) in [6.45, 7) is 12.1. The molecule has 2 nitrogen and oxygen atoms in total. The van der Waals surface area contributed by atoms with Gasteiger partial charge in [-0.15, -0.1) is 24.8 Å². The highest BCUT2D eigenvalue weighted by molar-refractivity contribution is 6.32. The van der Waals surface area contributed by atoms with Gasteiger partial charge in [-0.1, -0.05) is 38.4 Å². The van der Waals surface area contributed by atoms with Crippen molar-refractivity contribution < 1.29 is 4.39 Å². The van der Waals surface area contributed by atoms with Gasteiger partial charge in [0.2, 0.25) is 0 Å². The zero-order valence-corrected chi connectivity index (χ0v) is 16.0. The molecule has 1 atom stereocenters. The van der Waals surface area contributed by atoms with Crippen LogP contribution in [0.5, 0.6) is 0 Å². The lowest BCUT2D eigenvalue weighted by atomic mass is 9.80. The molecular weight excluding hydrogens is 346 g/mol. The van der Waals surface area contributed by atoms with Gasteiger partial charge in [0.15, 0.2) is 0 Å². The van der Waals surface area contributed by atoms with E-state index in [0.29, 0.717) is 10.6 Å². The maximum Gasteiger partial charge on any atom is 0.129 e. The Morgan fingerprint density at radius 1 is 1.18 bits per heavy atom. The first-order chi connectivity index (χ1) is 9.32. The van der Waals surface area contributed by atoms with Crippen molar-refractivity contribution in [2.24, 2.45) is 5.41 Å². The van der Waals surface area contributed by atoms with E-state index < -0.39 is 0 Å². The van der Waals surface area contributed by atoms with Crippen molar-refractivity contribution >= 4 is 36.4 Å². The van der Waals surface area contributed by atoms with Gasteiger partial charge in [0, 0.05) is 37.8 Å². The van der Waals surface area contributed by atoms with Crippen LogP contribution in [-0.4, -0.2) is 31.1 Å². The van der Waals surface area contributed by atoms with Crippen LogP contribution in [0.25, 0.3) is 0 Å². The number of rotatable bonds is 2. The number of hydrogen-bond acceptors (Lipinski definition) is 2. The maximum absolute atomic E-state index is 14.4. The van der Waals surface area contributed by atoms with Gasteiger partial charge in [0.05, 0.1) is 5.02 Å². The van der Waals surface area contributed by atoms with Crippen LogP contribution in [0.1, 0.15) is 37.9 Å². The van der Waals surface area contributed by atoms with Gasteiger partial charge in [-0.3, -0.25) is 4.90 Å². The van der Waals surface area contributed by atoms with E-state index in [1.54, 1.807) is 6.07 Å². The molecule has 1 aliphatic rings. The first-order valence-electron chi connectivity index (χ1n) is 7.21. The number of nitrogens with one attached hydrogen (secondary N) is 1. The van der Waals surface area contributed by atoms with Crippen LogP contribution < -0.4 is 5.32 Å². The molecule has 128 valence electrons. The third-order valence-corrected chi connectivity index (χ3v) is 4.43. The number of piperazine rings is 1. The van der Waals surface area contributed by atoms with Gasteiger partial charge >= 0.3 is 0 Å². The molecule has 1 heterocycles. The third-order valence-electron chi connectivity index (χ3n) is 3.93. The first-order valence-corrected chi connectivity index (χ1v) is 7.59. The lowest BCUT2D eigenvalue weighted by Crippen LogP contribution is -2.48. The van der Waals surface area contributed by atoms with Crippen LogP contribution in [0.3, 0.4) is 0 Å². The predicted molar refractivity (Wildman–Crippen MR) is 97.3 cm³/mol. The quantitative estimate of drug-likeness (QED) is 0.816. The van der Waals surface area contributed by atoms with Crippen LogP contribution in [0, 0.1) is 18.2 Å². The summed E-state index contributed by atoms with van der Waals surface area (Å²) in [6.07, 6.45) is 0. The van der Waals surface area contributed by atoms with Crippen molar-refractivity contribution in [3.8, 4) is 0 Å². The Morgan fingerprint density at radius 3 is 2.23 bits per heavy atom. The Morgan fingerprint density at radius 2 is 1.73 bits per heavy atom. The van der Waals surface area contributed by atoms with Crippen LogP contribution in [0.2, 0.25) is 5.02 Å². The van der Waals surface area contributed by atoms with Crippen molar-refractivity contribution in [2.45, 2.75) is 33.7 Å². The fraction of sp³-hybridized carbons (Fsp3) is 0.625. The van der Waals surface area contributed by atoms with Crippen LogP contribution in [0.15, 0.2) is 12.1 Å². The summed E-state index contributed by atoms with van der Waals surface area (Å²) in [5.41, 5.74) is 1.52. The summed E-state index contributed by atoms with van der Waals surface area (Å²) in [4.78, 5) is 2.35. The zero-order valence-electron chi connectivity index (χ0n) is 13.6. The number of hydrogen-bond donors (Lipinski definition) is 1. The van der Waals surface area contributed by atoms with Gasteiger partial charge in [0.25, 0.3) is 0 Å². The highest BCUT2D eigenvalue weighted by atomic mass is 35.5. The van der Waals surface area contributed by atoms with E-state index in [-0.39, 0.29) is 42.1 Å². The molecule has 1 aromatic rings. The standard InChI is InChI=1S/C16H24ClFN2.2ClH/c1-11-5-6-12(18)13(14(11)17)15(16(2,3)4)20-9-7-19-8-10-20;;/h5-6,15,19H,7-10H2,1-4H3;2*1H/t15-;;/m0../s1. The Hall–Kier alpha value is -0.0600. The predicted octanol–water partition coefficient (Wildman–Crippen LogP) is 4.62. The van der Waals surface area contributed by atoms with Gasteiger partial charge in [-0.25, -0.2) is 4.39 Å². The fourth-order valence-corrected chi connectivity index (χ4v) is 3.29. The molecule has 0 aromatic heterocycles. The van der Waals surface area contributed by atoms with E-state index in [2.05, 4.69) is 31.0 Å². The molecule has 0 saturated carbocycles. The summed E-state index contributed by atoms with van der Waals surface area (Å²) >= 11 is 6.44. The van der Waals surface area contributed by atoms with Gasteiger partial charge < -0.3 is 5.32 Å². The Labute approximate surface area is 150 Å². The molecule has 2 rings (SSSR count). The molecule has 0 unspecified atom stereocenters. The van der Waals surface area contributed by atoms with Crippen molar-refractivity contribution in [1.29, 1.82) is 0 Å². The van der Waals surface area contributed by atoms with Gasteiger partial charge in [0.1, 0.15) is 5.82 Å². The molecule has 0 radical (unpaired) electrons. The molecule has 0 spiro atoms. The number of halogens is 4. The molecule has 1 saturated heterocycles. The van der Waals surface area contributed by atoms with Gasteiger partial charge in [-0.2, -0.15) is 0 Å². The first kappa shape index (κ1) is 21.9. The summed E-state index contributed by atoms with van der Waals surface area (Å²) in [5, 5.41) is 3.92. The van der Waals surface area contributed by atoms with E-state index >= 15 is 0 Å². The summed E-state index contributed by atoms with van der Waals surface area (Å²) in [7, 11) is 0. The molecular formula is C16H26Cl3FN2. The fourth-order valence-electron chi connectivity index (χ4n) is 3.03. The largest absolute Gasteiger partial charge is 0.314 e. The molecule has 22 heavy (non-hydrogen) atoms. The Bertz CT molecular complexity index is 483. The third kappa shape index (κ3) is 4.72. The van der Waals surface area contributed by atoms with Crippen LogP contribution in [0.4, 0.5) is 4.39 Å². The monoisotopic (exact) mass is 370 g/mol. The molecule has 6 heteroatoms. The van der Waals surface area contributed by atoms with Crippen molar-refractivity contribution in [3.05, 3.63) is 34.1 Å². The van der Waals surface area contributed by atoms with Crippen LogP contribution >= 0.6 is 36.4 Å². The minimum Gasteiger partial charge on any atom is -0.314 e. The Balaban J connectivity index is 0.00000220. The highest BCUT2D eigenvalue weighted by Crippen LogP contribution is 2.43. The average Bonchev–Trinajstić information content (AvgIpc) is 2.39. The smallest absolute Gasteiger partial charge is 0.129 e. The van der Waals surface area contributed by atoms with E-state index in [0.717, 1.165) is 31.7 Å². The molecule has 1 aromatic carbocycles. The molecule has 0 amide bonds. The topological polar surface area (TPSA) is 15.3 Å². The van der Waals surface area contributed by atoms with E-state index in [9.17, 15) is 4.39 Å². The second-order valence-corrected chi connectivity index (χ2v) is 7.02. The molecule has 1 aliphatic heterocycles. The molecule has 0 aliphatic carbocycles. The summed E-state index contributed by atoms with van der Waals surface area (Å²) < 4.78 is 14.4. The number of nitrogens with zero attached hydrogens (tertiary/aromatic N) is 1. The summed E-state index contributed by atoms with van der Waals surface area (Å²) in [6, 6.07) is 3.29. The van der Waals surface area contributed by atoms with E-state index in [1.165, 1.54) is 6.07 Å². The second-order valence-electron chi connectivity index (χ2n) is 6.65. The zero-order chi connectivity index (χ0) is 14.9. The van der Waals surface area contributed by atoms with E-state index in [1.807, 2.05) is 6.92 Å². The van der Waals surface area contributed by atoms with E-state index in [4.69, 9.17) is 11.6 Å². The lowest BCUT2D eigenvalue weighted by molar-refractivity contribution is 0.0835. The van der Waals surface area contributed by atoms with Crippen molar-refractivity contribution in [3.63, 3.8) is 0 Å². The second kappa shape index (κ2) is 8.70. The minimum absolute atomic E-state index is 0. The van der Waals surface area contributed by atoms with Crippen LogP contribution in [-0.2, 0) is 0 Å². The highest BCUT2D eigenvalue weighted by Gasteiger charge is 2.36. The van der Waals surface area contributed by atoms with Crippen molar-refractivity contribution in [1.82, 2.24) is 10.2 Å². The molecule has 1 N–H and O–H groups in total. The lowest BCUT2D eigenvalue weighted by Gasteiger charge is -2.43. The average molecular weight is 372 g/mol. The minimum atomic E-state index is -0.195. The Kier molecular flexibility index (Phi) is 8.67. The normalized spacial score (nSPS) is 17.4.